The molecule has 3 aromatic rings. The predicted molar refractivity (Wildman–Crippen MR) is 128 cm³/mol. The molecule has 3 aliphatic carbocycles. The molecule has 4 aliphatic rings. The summed E-state index contributed by atoms with van der Waals surface area (Å²) in [5, 5.41) is 12.0. The van der Waals surface area contributed by atoms with Crippen LogP contribution in [0.15, 0.2) is 60.7 Å². The van der Waals surface area contributed by atoms with E-state index in [2.05, 4.69) is 0 Å². The smallest absolute Gasteiger partial charge is 0.293 e. The van der Waals surface area contributed by atoms with E-state index in [9.17, 15) is 24.5 Å². The lowest BCUT2D eigenvalue weighted by molar-refractivity contribution is -0.384. The number of hydrogen-bond donors (Lipinski definition) is 0. The van der Waals surface area contributed by atoms with Crippen molar-refractivity contribution < 1.29 is 19.3 Å². The number of nitro benzene ring substituents is 1. The molecule has 174 valence electrons. The first kappa shape index (κ1) is 21.4. The number of hydrogen-bond acceptors (Lipinski definition) is 5. The molecule has 0 radical (unpaired) electrons. The number of carbonyl (C=O) groups excluding carboxylic acids is 3. The second-order valence-electron chi connectivity index (χ2n) is 9.93. The van der Waals surface area contributed by atoms with Crippen LogP contribution in [-0.4, -0.2) is 23.0 Å². The van der Waals surface area contributed by atoms with Crippen LogP contribution in [-0.2, 0) is 25.2 Å². The number of amides is 2. The van der Waals surface area contributed by atoms with E-state index in [-0.39, 0.29) is 11.4 Å². The Bertz CT molecular complexity index is 1460. The Hall–Kier alpha value is -4.13. The van der Waals surface area contributed by atoms with Gasteiger partial charge in [0.15, 0.2) is 0 Å². The van der Waals surface area contributed by atoms with Crippen molar-refractivity contribution in [2.75, 3.05) is 4.90 Å². The van der Waals surface area contributed by atoms with Gasteiger partial charge in [-0.15, -0.1) is 0 Å². The highest BCUT2D eigenvalue weighted by Gasteiger charge is 2.72. The molecule has 1 fully saturated rings. The molecule has 0 spiro atoms. The van der Waals surface area contributed by atoms with Crippen molar-refractivity contribution in [3.63, 3.8) is 0 Å². The van der Waals surface area contributed by atoms with Crippen LogP contribution < -0.4 is 4.90 Å². The molecule has 0 unspecified atom stereocenters. The van der Waals surface area contributed by atoms with E-state index in [0.717, 1.165) is 39.0 Å². The fourth-order valence-corrected chi connectivity index (χ4v) is 6.81. The van der Waals surface area contributed by atoms with Gasteiger partial charge in [0, 0.05) is 11.5 Å². The fraction of sp³-hybridized carbons (Fsp3) is 0.250. The molecular weight excluding hydrogens is 444 g/mol. The number of nitro groups is 1. The van der Waals surface area contributed by atoms with E-state index in [1.807, 2.05) is 55.5 Å². The molecular formula is C28H22N2O5. The third-order valence-corrected chi connectivity index (χ3v) is 8.50. The summed E-state index contributed by atoms with van der Waals surface area (Å²) in [6.07, 6.45) is 0.796. The topological polar surface area (TPSA) is 97.6 Å². The van der Waals surface area contributed by atoms with Gasteiger partial charge < -0.3 is 4.79 Å². The highest BCUT2D eigenvalue weighted by atomic mass is 16.6. The normalized spacial score (nSPS) is 27.9. The van der Waals surface area contributed by atoms with Gasteiger partial charge in [0.05, 0.1) is 22.2 Å². The number of imide groups is 1. The summed E-state index contributed by atoms with van der Waals surface area (Å²) in [5.41, 5.74) is 1.95. The average Bonchev–Trinajstić information content (AvgIpc) is 3.13. The quantitative estimate of drug-likeness (QED) is 0.250. The van der Waals surface area contributed by atoms with E-state index >= 15 is 0 Å². The first-order chi connectivity index (χ1) is 16.7. The number of aldehydes is 1. The first-order valence-corrected chi connectivity index (χ1v) is 11.5. The van der Waals surface area contributed by atoms with Gasteiger partial charge in [0.2, 0.25) is 11.8 Å². The molecule has 2 bridgehead atoms. The zero-order valence-electron chi connectivity index (χ0n) is 19.4. The zero-order chi connectivity index (χ0) is 24.9. The van der Waals surface area contributed by atoms with Gasteiger partial charge in [-0.25, -0.2) is 4.90 Å². The average molecular weight is 466 g/mol. The Morgan fingerprint density at radius 2 is 1.34 bits per heavy atom. The summed E-state index contributed by atoms with van der Waals surface area (Å²) in [4.78, 5) is 53.8. The minimum Gasteiger partial charge on any atom is -0.302 e. The Labute approximate surface area is 201 Å². The zero-order valence-corrected chi connectivity index (χ0v) is 19.4. The molecule has 1 heterocycles. The number of carbonyl (C=O) groups is 3. The Balaban J connectivity index is 1.68. The van der Waals surface area contributed by atoms with Gasteiger partial charge in [-0.05, 0) is 53.3 Å². The van der Waals surface area contributed by atoms with Gasteiger partial charge in [-0.3, -0.25) is 19.7 Å². The third-order valence-electron chi connectivity index (χ3n) is 8.50. The molecule has 0 N–H and O–H groups in total. The maximum Gasteiger partial charge on any atom is 0.293 e. The first-order valence-electron chi connectivity index (χ1n) is 11.5. The summed E-state index contributed by atoms with van der Waals surface area (Å²) in [7, 11) is 0. The van der Waals surface area contributed by atoms with Gasteiger partial charge in [-0.1, -0.05) is 55.5 Å². The van der Waals surface area contributed by atoms with Crippen molar-refractivity contribution in [1.29, 1.82) is 0 Å². The SMILES string of the molecule is Cc1cc(N2C(=O)[C@@H]3[C@H](C2=O)C2(C=O)c4ccccc4C3(C)c3ccccc32)c([N+](=O)[O-])cc1C. The van der Waals surface area contributed by atoms with Crippen LogP contribution >= 0.6 is 0 Å². The molecule has 0 saturated carbocycles. The van der Waals surface area contributed by atoms with Crippen molar-refractivity contribution in [1.82, 2.24) is 0 Å². The van der Waals surface area contributed by atoms with Gasteiger partial charge in [-0.2, -0.15) is 0 Å². The molecule has 3 aromatic carbocycles. The molecule has 1 aliphatic heterocycles. The summed E-state index contributed by atoms with van der Waals surface area (Å²) in [6.45, 7) is 5.47. The van der Waals surface area contributed by atoms with Crippen LogP contribution in [0.1, 0.15) is 40.3 Å². The molecule has 1 saturated heterocycles. The number of benzene rings is 3. The number of rotatable bonds is 3. The standard InChI is InChI=1S/C28H22N2O5/c1-15-12-21(22(30(34)35)13-16(15)2)29-25(32)23-24(26(29)33)28(14-31)19-10-6-4-8-17(19)27(23,3)18-9-5-7-11-20(18)28/h4-14,23-24H,1-3H3/t23-,24+,27?,28?/m0/s1. The lowest BCUT2D eigenvalue weighted by Gasteiger charge is -2.56. The van der Waals surface area contributed by atoms with E-state index in [4.69, 9.17) is 0 Å². The molecule has 7 rings (SSSR count). The van der Waals surface area contributed by atoms with E-state index in [1.54, 1.807) is 13.8 Å². The number of anilines is 1. The minimum absolute atomic E-state index is 0.0420. The van der Waals surface area contributed by atoms with Crippen molar-refractivity contribution in [3.05, 3.63) is 104 Å². The van der Waals surface area contributed by atoms with Crippen LogP contribution in [0, 0.1) is 35.8 Å². The highest BCUT2D eigenvalue weighted by Crippen LogP contribution is 2.66. The monoisotopic (exact) mass is 466 g/mol. The molecule has 35 heavy (non-hydrogen) atoms. The summed E-state index contributed by atoms with van der Waals surface area (Å²) < 4.78 is 0. The summed E-state index contributed by atoms with van der Waals surface area (Å²) in [6, 6.07) is 17.9. The maximum absolute atomic E-state index is 14.2. The molecule has 7 nitrogen and oxygen atoms in total. The van der Waals surface area contributed by atoms with Crippen LogP contribution in [0.2, 0.25) is 0 Å². The molecule has 0 aromatic heterocycles. The second-order valence-corrected chi connectivity index (χ2v) is 9.93. The van der Waals surface area contributed by atoms with E-state index in [0.29, 0.717) is 5.56 Å². The third kappa shape index (κ3) is 2.28. The van der Waals surface area contributed by atoms with Crippen LogP contribution in [0.5, 0.6) is 0 Å². The van der Waals surface area contributed by atoms with Crippen molar-refractivity contribution in [2.45, 2.75) is 31.6 Å². The predicted octanol–water partition coefficient (Wildman–Crippen LogP) is 4.14. The van der Waals surface area contributed by atoms with Crippen LogP contribution in [0.25, 0.3) is 0 Å². The lowest BCUT2D eigenvalue weighted by Crippen LogP contribution is -2.61. The van der Waals surface area contributed by atoms with Gasteiger partial charge >= 0.3 is 0 Å². The van der Waals surface area contributed by atoms with Crippen molar-refractivity contribution >= 4 is 29.5 Å². The van der Waals surface area contributed by atoms with Crippen molar-refractivity contribution in [3.8, 4) is 0 Å². The molecule has 7 heteroatoms. The highest BCUT2D eigenvalue weighted by molar-refractivity contribution is 6.26. The number of nitrogens with zero attached hydrogens (tertiary/aromatic N) is 2. The Kier molecular flexibility index (Phi) is 4.11. The largest absolute Gasteiger partial charge is 0.302 e. The second kappa shape index (κ2) is 6.72. The summed E-state index contributed by atoms with van der Waals surface area (Å²) in [5.74, 6) is -2.95. The van der Waals surface area contributed by atoms with Crippen LogP contribution in [0.3, 0.4) is 0 Å². The number of aryl methyl sites for hydroxylation is 2. The molecule has 2 atom stereocenters. The lowest BCUT2D eigenvalue weighted by atomic mass is 9.42. The maximum atomic E-state index is 14.2. The summed E-state index contributed by atoms with van der Waals surface area (Å²) >= 11 is 0. The minimum atomic E-state index is -1.36. The fourth-order valence-electron chi connectivity index (χ4n) is 6.81. The van der Waals surface area contributed by atoms with E-state index < -0.39 is 39.4 Å². The Morgan fingerprint density at radius 3 is 1.86 bits per heavy atom. The van der Waals surface area contributed by atoms with Crippen LogP contribution in [0.4, 0.5) is 11.4 Å². The van der Waals surface area contributed by atoms with Gasteiger partial charge in [0.1, 0.15) is 12.0 Å². The van der Waals surface area contributed by atoms with E-state index in [1.165, 1.54) is 12.1 Å². The van der Waals surface area contributed by atoms with Crippen molar-refractivity contribution in [2.24, 2.45) is 11.8 Å². The molecule has 2 amide bonds. The van der Waals surface area contributed by atoms with Gasteiger partial charge in [0.25, 0.3) is 5.69 Å². The Morgan fingerprint density at radius 1 is 0.857 bits per heavy atom.